The molecule has 21 heavy (non-hydrogen) atoms. The van der Waals surface area contributed by atoms with Gasteiger partial charge in [-0.2, -0.15) is 0 Å². The van der Waals surface area contributed by atoms with Gasteiger partial charge >= 0.3 is 0 Å². The number of fused-ring (bicyclic) bond motifs is 1. The van der Waals surface area contributed by atoms with Gasteiger partial charge in [-0.3, -0.25) is 9.78 Å². The van der Waals surface area contributed by atoms with E-state index >= 15 is 0 Å². The maximum atomic E-state index is 12.4. The fourth-order valence-electron chi connectivity index (χ4n) is 2.53. The van der Waals surface area contributed by atoms with Crippen molar-refractivity contribution in [3.05, 3.63) is 54.2 Å². The summed E-state index contributed by atoms with van der Waals surface area (Å²) in [7, 11) is 0. The molecule has 4 heterocycles. The fourth-order valence-corrected chi connectivity index (χ4v) is 2.53. The predicted molar refractivity (Wildman–Crippen MR) is 74.7 cm³/mol. The molecule has 0 N–H and O–H groups in total. The Labute approximate surface area is 120 Å². The number of carbonyl (C=O) groups excluding carboxylic acids is 1. The van der Waals surface area contributed by atoms with Gasteiger partial charge in [0, 0.05) is 37.1 Å². The van der Waals surface area contributed by atoms with Crippen LogP contribution < -0.4 is 0 Å². The Balaban J connectivity index is 1.53. The Morgan fingerprint density at radius 1 is 1.14 bits per heavy atom. The summed E-state index contributed by atoms with van der Waals surface area (Å²) in [6, 6.07) is 9.40. The van der Waals surface area contributed by atoms with Gasteiger partial charge in [0.15, 0.2) is 0 Å². The van der Waals surface area contributed by atoms with Crippen LogP contribution in [0.1, 0.15) is 22.2 Å². The molecule has 0 aliphatic carbocycles. The first-order valence-electron chi connectivity index (χ1n) is 6.73. The molecular weight excluding hydrogens is 268 g/mol. The van der Waals surface area contributed by atoms with Crippen molar-refractivity contribution >= 4 is 16.9 Å². The lowest BCUT2D eigenvalue weighted by Crippen LogP contribution is -2.48. The highest BCUT2D eigenvalue weighted by atomic mass is 16.5. The first-order valence-corrected chi connectivity index (χ1v) is 6.73. The normalized spacial score (nSPS) is 15.1. The maximum Gasteiger partial charge on any atom is 0.293 e. The van der Waals surface area contributed by atoms with E-state index in [4.69, 9.17) is 4.52 Å². The number of aromatic nitrogens is 3. The molecule has 0 aromatic carbocycles. The highest BCUT2D eigenvalue weighted by Crippen LogP contribution is 2.28. The monoisotopic (exact) mass is 280 g/mol. The second-order valence-corrected chi connectivity index (χ2v) is 5.05. The average Bonchev–Trinajstić information content (AvgIpc) is 2.90. The van der Waals surface area contributed by atoms with Crippen LogP contribution in [0.15, 0.2) is 47.2 Å². The molecule has 6 heteroatoms. The van der Waals surface area contributed by atoms with E-state index in [1.807, 2.05) is 18.2 Å². The van der Waals surface area contributed by atoms with Gasteiger partial charge in [0.25, 0.3) is 5.91 Å². The number of pyridine rings is 2. The smallest absolute Gasteiger partial charge is 0.293 e. The van der Waals surface area contributed by atoms with Crippen LogP contribution in [-0.2, 0) is 0 Å². The summed E-state index contributed by atoms with van der Waals surface area (Å²) in [4.78, 5) is 22.6. The van der Waals surface area contributed by atoms with E-state index in [2.05, 4.69) is 15.1 Å². The number of amides is 1. The van der Waals surface area contributed by atoms with Crippen molar-refractivity contribution in [3.63, 3.8) is 0 Å². The highest BCUT2D eigenvalue weighted by molar-refractivity contribution is 6.03. The van der Waals surface area contributed by atoms with Gasteiger partial charge in [-0.05, 0) is 24.3 Å². The molecule has 1 saturated heterocycles. The van der Waals surface area contributed by atoms with Crippen LogP contribution in [0.3, 0.4) is 0 Å². The fraction of sp³-hybridized carbons (Fsp3) is 0.200. The second kappa shape index (κ2) is 4.66. The third-order valence-corrected chi connectivity index (χ3v) is 3.72. The first kappa shape index (κ1) is 12.0. The molecule has 1 amide bonds. The van der Waals surface area contributed by atoms with Crippen molar-refractivity contribution in [2.24, 2.45) is 0 Å². The number of hydrogen-bond acceptors (Lipinski definition) is 5. The van der Waals surface area contributed by atoms with Gasteiger partial charge in [0.05, 0.1) is 5.39 Å². The summed E-state index contributed by atoms with van der Waals surface area (Å²) < 4.78 is 5.16. The second-order valence-electron chi connectivity index (χ2n) is 5.05. The van der Waals surface area contributed by atoms with Gasteiger partial charge in [-0.25, -0.2) is 4.98 Å². The molecule has 0 unspecified atom stereocenters. The maximum absolute atomic E-state index is 12.4. The molecule has 0 saturated carbocycles. The lowest BCUT2D eigenvalue weighted by Gasteiger charge is -2.38. The van der Waals surface area contributed by atoms with Crippen molar-refractivity contribution in [1.29, 1.82) is 0 Å². The van der Waals surface area contributed by atoms with Crippen LogP contribution >= 0.6 is 0 Å². The Bertz CT molecular complexity index is 794. The van der Waals surface area contributed by atoms with Crippen LogP contribution in [0.5, 0.6) is 0 Å². The highest BCUT2D eigenvalue weighted by Gasteiger charge is 2.35. The summed E-state index contributed by atoms with van der Waals surface area (Å²) >= 11 is 0. The molecule has 1 aliphatic heterocycles. The number of hydrogen-bond donors (Lipinski definition) is 0. The molecule has 0 bridgehead atoms. The third kappa shape index (κ3) is 1.96. The van der Waals surface area contributed by atoms with E-state index in [1.165, 1.54) is 0 Å². The van der Waals surface area contributed by atoms with Crippen molar-refractivity contribution < 1.29 is 9.32 Å². The molecule has 0 spiro atoms. The minimum absolute atomic E-state index is 0.141. The zero-order chi connectivity index (χ0) is 14.2. The quantitative estimate of drug-likeness (QED) is 0.716. The van der Waals surface area contributed by atoms with Gasteiger partial charge in [0.1, 0.15) is 0 Å². The number of rotatable bonds is 2. The van der Waals surface area contributed by atoms with E-state index < -0.39 is 0 Å². The molecule has 0 radical (unpaired) electrons. The topological polar surface area (TPSA) is 72.1 Å². The molecule has 0 atom stereocenters. The minimum Gasteiger partial charge on any atom is -0.348 e. The van der Waals surface area contributed by atoms with Crippen molar-refractivity contribution in [2.45, 2.75) is 5.92 Å². The van der Waals surface area contributed by atoms with Crippen LogP contribution in [0, 0.1) is 0 Å². The first-order chi connectivity index (χ1) is 10.3. The van der Waals surface area contributed by atoms with Crippen LogP contribution in [0.4, 0.5) is 0 Å². The number of carbonyl (C=O) groups is 1. The summed E-state index contributed by atoms with van der Waals surface area (Å²) in [5.74, 6) is 0.415. The van der Waals surface area contributed by atoms with E-state index in [1.54, 1.807) is 29.4 Å². The zero-order valence-electron chi connectivity index (χ0n) is 11.1. The Kier molecular flexibility index (Phi) is 2.67. The van der Waals surface area contributed by atoms with Gasteiger partial charge in [-0.1, -0.05) is 11.2 Å². The Hall–Kier alpha value is -2.76. The average molecular weight is 280 g/mol. The van der Waals surface area contributed by atoms with E-state index in [0.717, 1.165) is 5.69 Å². The minimum atomic E-state index is -0.141. The van der Waals surface area contributed by atoms with Crippen LogP contribution in [0.25, 0.3) is 11.0 Å². The predicted octanol–water partition coefficient (Wildman–Crippen LogP) is 1.86. The number of nitrogens with zero attached hydrogens (tertiary/aromatic N) is 4. The molecule has 4 rings (SSSR count). The van der Waals surface area contributed by atoms with E-state index in [9.17, 15) is 4.79 Å². The van der Waals surface area contributed by atoms with Crippen molar-refractivity contribution in [3.8, 4) is 0 Å². The Morgan fingerprint density at radius 3 is 2.81 bits per heavy atom. The van der Waals surface area contributed by atoms with Crippen molar-refractivity contribution in [1.82, 2.24) is 20.0 Å². The zero-order valence-corrected chi connectivity index (χ0v) is 11.1. The van der Waals surface area contributed by atoms with Gasteiger partial charge < -0.3 is 9.42 Å². The summed E-state index contributed by atoms with van der Waals surface area (Å²) in [5, 5.41) is 4.47. The lowest BCUT2D eigenvalue weighted by molar-refractivity contribution is 0.0559. The summed E-state index contributed by atoms with van der Waals surface area (Å²) in [6.07, 6.45) is 3.40. The lowest BCUT2D eigenvalue weighted by atomic mass is 9.95. The van der Waals surface area contributed by atoms with Crippen molar-refractivity contribution in [2.75, 3.05) is 13.1 Å². The largest absolute Gasteiger partial charge is 0.348 e. The summed E-state index contributed by atoms with van der Waals surface area (Å²) in [5.41, 5.74) is 1.48. The third-order valence-electron chi connectivity index (χ3n) is 3.72. The molecule has 1 fully saturated rings. The van der Waals surface area contributed by atoms with Crippen LogP contribution in [0.2, 0.25) is 0 Å². The Morgan fingerprint density at radius 2 is 2.00 bits per heavy atom. The standard InChI is InChI=1S/C15H12N4O2/c20-15(13-11-4-3-7-17-14(11)18-21-13)19-8-10(9-19)12-5-1-2-6-16-12/h1-7,10H,8-9H2. The molecule has 3 aromatic heterocycles. The molecule has 3 aromatic rings. The summed E-state index contributed by atoms with van der Waals surface area (Å²) in [6.45, 7) is 1.30. The van der Waals surface area contributed by atoms with Gasteiger partial charge in [-0.15, -0.1) is 0 Å². The molecule has 6 nitrogen and oxygen atoms in total. The van der Waals surface area contributed by atoms with Gasteiger partial charge in [0.2, 0.25) is 11.4 Å². The molecule has 1 aliphatic rings. The number of likely N-dealkylation sites (tertiary alicyclic amines) is 1. The van der Waals surface area contributed by atoms with E-state index in [0.29, 0.717) is 30.0 Å². The SMILES string of the molecule is O=C(c1onc2ncccc12)N1CC(c2ccccn2)C1. The van der Waals surface area contributed by atoms with Crippen LogP contribution in [-0.4, -0.2) is 39.0 Å². The molecule has 104 valence electrons. The molecular formula is C15H12N4O2. The van der Waals surface area contributed by atoms with E-state index in [-0.39, 0.29) is 11.7 Å².